The molecule has 3 nitrogen and oxygen atoms in total. The molecule has 0 unspecified atom stereocenters. The molecule has 94 valence electrons. The largest absolute Gasteiger partial charge is 0.392 e. The Balaban J connectivity index is 2.29. The van der Waals surface area contributed by atoms with Crippen LogP contribution < -0.4 is 4.90 Å². The molecule has 17 heavy (non-hydrogen) atoms. The summed E-state index contributed by atoms with van der Waals surface area (Å²) in [4.78, 5) is 6.35. The zero-order chi connectivity index (χ0) is 12.3. The van der Waals surface area contributed by atoms with Gasteiger partial charge in [-0.15, -0.1) is 0 Å². The summed E-state index contributed by atoms with van der Waals surface area (Å²) in [6, 6.07) is 1.86. The average Bonchev–Trinajstić information content (AvgIpc) is 2.85. The fourth-order valence-corrected chi connectivity index (χ4v) is 2.65. The lowest BCUT2D eigenvalue weighted by Gasteiger charge is -2.30. The molecular formula is C13H19FN2O. The van der Waals surface area contributed by atoms with E-state index >= 15 is 0 Å². The second-order valence-electron chi connectivity index (χ2n) is 4.52. The first-order chi connectivity index (χ1) is 8.26. The van der Waals surface area contributed by atoms with Crippen LogP contribution in [0.1, 0.15) is 38.2 Å². The molecule has 1 saturated carbocycles. The third-order valence-corrected chi connectivity index (χ3v) is 3.46. The van der Waals surface area contributed by atoms with Gasteiger partial charge in [-0.2, -0.15) is 0 Å². The fraction of sp³-hybridized carbons (Fsp3) is 0.615. The van der Waals surface area contributed by atoms with Crippen molar-refractivity contribution in [2.24, 2.45) is 0 Å². The smallest absolute Gasteiger partial charge is 0.142 e. The van der Waals surface area contributed by atoms with E-state index in [0.29, 0.717) is 11.6 Å². The van der Waals surface area contributed by atoms with E-state index in [1.54, 1.807) is 0 Å². The van der Waals surface area contributed by atoms with E-state index in [9.17, 15) is 9.50 Å². The third-order valence-electron chi connectivity index (χ3n) is 3.46. The Morgan fingerprint density at radius 3 is 2.76 bits per heavy atom. The Kier molecular flexibility index (Phi) is 3.94. The summed E-state index contributed by atoms with van der Waals surface area (Å²) in [5.74, 6) is 0.351. The number of aliphatic hydroxyl groups excluding tert-OH is 1. The van der Waals surface area contributed by atoms with Crippen LogP contribution in [0.15, 0.2) is 12.3 Å². The number of anilines is 1. The summed E-state index contributed by atoms with van der Waals surface area (Å²) in [5.41, 5.74) is 0.582. The van der Waals surface area contributed by atoms with Crippen LogP contribution >= 0.6 is 0 Å². The molecule has 4 heteroatoms. The van der Waals surface area contributed by atoms with Gasteiger partial charge in [-0.3, -0.25) is 0 Å². The number of hydrogen-bond acceptors (Lipinski definition) is 3. The molecule has 1 fully saturated rings. The molecule has 1 aromatic rings. The Morgan fingerprint density at radius 2 is 2.18 bits per heavy atom. The van der Waals surface area contributed by atoms with Crippen molar-refractivity contribution >= 4 is 5.82 Å². The Labute approximate surface area is 101 Å². The van der Waals surface area contributed by atoms with Gasteiger partial charge in [0, 0.05) is 18.2 Å². The van der Waals surface area contributed by atoms with Gasteiger partial charge in [0.1, 0.15) is 11.6 Å². The summed E-state index contributed by atoms with van der Waals surface area (Å²) in [6.07, 6.45) is 6.05. The van der Waals surface area contributed by atoms with E-state index in [1.807, 2.05) is 0 Å². The van der Waals surface area contributed by atoms with Crippen LogP contribution in [0.2, 0.25) is 0 Å². The van der Waals surface area contributed by atoms with Crippen molar-refractivity contribution in [3.05, 3.63) is 23.6 Å². The number of pyridine rings is 1. The molecule has 0 atom stereocenters. The van der Waals surface area contributed by atoms with Gasteiger partial charge < -0.3 is 10.0 Å². The Bertz CT molecular complexity index is 378. The van der Waals surface area contributed by atoms with Crippen molar-refractivity contribution in [2.45, 2.75) is 45.3 Å². The Hall–Kier alpha value is -1.16. The highest BCUT2D eigenvalue weighted by atomic mass is 19.1. The summed E-state index contributed by atoms with van der Waals surface area (Å²) < 4.78 is 13.1. The predicted octanol–water partition coefficient (Wildman–Crippen LogP) is 2.48. The highest BCUT2D eigenvalue weighted by Crippen LogP contribution is 2.29. The highest BCUT2D eigenvalue weighted by Gasteiger charge is 2.24. The molecule has 0 radical (unpaired) electrons. The summed E-state index contributed by atoms with van der Waals surface area (Å²) >= 11 is 0. The maximum absolute atomic E-state index is 13.1. The SMILES string of the molecule is CCN(c1ncc(F)cc1CO)C1CCCC1. The van der Waals surface area contributed by atoms with Crippen LogP contribution in [0.4, 0.5) is 10.2 Å². The molecule has 1 N–H and O–H groups in total. The molecule has 1 aliphatic rings. The van der Waals surface area contributed by atoms with E-state index in [-0.39, 0.29) is 12.4 Å². The van der Waals surface area contributed by atoms with Gasteiger partial charge in [-0.25, -0.2) is 9.37 Å². The summed E-state index contributed by atoms with van der Waals surface area (Å²) in [6.45, 7) is 2.75. The van der Waals surface area contributed by atoms with Crippen LogP contribution in [-0.4, -0.2) is 22.7 Å². The van der Waals surface area contributed by atoms with Crippen molar-refractivity contribution in [3.8, 4) is 0 Å². The molecule has 0 spiro atoms. The topological polar surface area (TPSA) is 36.4 Å². The number of rotatable bonds is 4. The quantitative estimate of drug-likeness (QED) is 0.875. The summed E-state index contributed by atoms with van der Waals surface area (Å²) in [7, 11) is 0. The first-order valence-electron chi connectivity index (χ1n) is 6.28. The third kappa shape index (κ3) is 2.57. The molecular weight excluding hydrogens is 219 g/mol. The second-order valence-corrected chi connectivity index (χ2v) is 4.52. The van der Waals surface area contributed by atoms with Crippen LogP contribution in [0, 0.1) is 5.82 Å². The van der Waals surface area contributed by atoms with Crippen molar-refractivity contribution in [1.29, 1.82) is 0 Å². The maximum Gasteiger partial charge on any atom is 0.142 e. The van der Waals surface area contributed by atoms with Gasteiger partial charge in [0.2, 0.25) is 0 Å². The van der Waals surface area contributed by atoms with Gasteiger partial charge in [0.25, 0.3) is 0 Å². The van der Waals surface area contributed by atoms with Crippen LogP contribution in [0.3, 0.4) is 0 Å². The van der Waals surface area contributed by atoms with Crippen molar-refractivity contribution in [1.82, 2.24) is 4.98 Å². The molecule has 0 saturated heterocycles. The first kappa shape index (κ1) is 12.3. The van der Waals surface area contributed by atoms with E-state index in [1.165, 1.54) is 25.1 Å². The lowest BCUT2D eigenvalue weighted by Crippen LogP contribution is -2.34. The molecule has 0 aromatic carbocycles. The van der Waals surface area contributed by atoms with Gasteiger partial charge in [0.15, 0.2) is 0 Å². The van der Waals surface area contributed by atoms with Crippen LogP contribution in [-0.2, 0) is 6.61 Å². The molecule has 0 aliphatic heterocycles. The molecule has 1 aliphatic carbocycles. The predicted molar refractivity (Wildman–Crippen MR) is 65.4 cm³/mol. The number of aromatic nitrogens is 1. The van der Waals surface area contributed by atoms with Gasteiger partial charge >= 0.3 is 0 Å². The molecule has 0 amide bonds. The fourth-order valence-electron chi connectivity index (χ4n) is 2.65. The van der Waals surface area contributed by atoms with Crippen molar-refractivity contribution in [3.63, 3.8) is 0 Å². The number of nitrogens with zero attached hydrogens (tertiary/aromatic N) is 2. The normalized spacial score (nSPS) is 16.4. The number of aliphatic hydroxyl groups is 1. The molecule has 2 rings (SSSR count). The molecule has 1 heterocycles. The van der Waals surface area contributed by atoms with E-state index in [4.69, 9.17) is 0 Å². The first-order valence-corrected chi connectivity index (χ1v) is 6.28. The van der Waals surface area contributed by atoms with E-state index < -0.39 is 0 Å². The highest BCUT2D eigenvalue weighted by molar-refractivity contribution is 5.47. The number of halogens is 1. The molecule has 0 bridgehead atoms. The zero-order valence-electron chi connectivity index (χ0n) is 10.2. The van der Waals surface area contributed by atoms with E-state index in [0.717, 1.165) is 25.2 Å². The van der Waals surface area contributed by atoms with E-state index in [2.05, 4.69) is 16.8 Å². The van der Waals surface area contributed by atoms with Crippen molar-refractivity contribution in [2.75, 3.05) is 11.4 Å². The molecule has 1 aromatic heterocycles. The minimum Gasteiger partial charge on any atom is -0.392 e. The van der Waals surface area contributed by atoms with Crippen LogP contribution in [0.5, 0.6) is 0 Å². The average molecular weight is 238 g/mol. The van der Waals surface area contributed by atoms with Gasteiger partial charge in [0.05, 0.1) is 12.8 Å². The monoisotopic (exact) mass is 238 g/mol. The second kappa shape index (κ2) is 5.45. The van der Waals surface area contributed by atoms with Crippen LogP contribution in [0.25, 0.3) is 0 Å². The lowest BCUT2D eigenvalue weighted by atomic mass is 10.1. The zero-order valence-corrected chi connectivity index (χ0v) is 10.2. The summed E-state index contributed by atoms with van der Waals surface area (Å²) in [5, 5.41) is 9.30. The minimum absolute atomic E-state index is 0.163. The standard InChI is InChI=1S/C13H19FN2O/c1-2-16(12-5-3-4-6-12)13-10(9-17)7-11(14)8-15-13/h7-8,12,17H,2-6,9H2,1H3. The van der Waals surface area contributed by atoms with Gasteiger partial charge in [-0.1, -0.05) is 12.8 Å². The number of hydrogen-bond donors (Lipinski definition) is 1. The Morgan fingerprint density at radius 1 is 1.47 bits per heavy atom. The van der Waals surface area contributed by atoms with Crippen molar-refractivity contribution < 1.29 is 9.50 Å². The maximum atomic E-state index is 13.1. The lowest BCUT2D eigenvalue weighted by molar-refractivity contribution is 0.280. The minimum atomic E-state index is -0.389. The van der Waals surface area contributed by atoms with Gasteiger partial charge in [-0.05, 0) is 25.8 Å².